The maximum atomic E-state index is 10.9. The van der Waals surface area contributed by atoms with Gasteiger partial charge in [-0.2, -0.15) is 4.98 Å². The van der Waals surface area contributed by atoms with E-state index in [2.05, 4.69) is 25.5 Å². The van der Waals surface area contributed by atoms with Crippen LogP contribution < -0.4 is 10.6 Å². The molecular formula is C12H20N6O2. The van der Waals surface area contributed by atoms with Crippen LogP contribution in [0.25, 0.3) is 0 Å². The number of anilines is 2. The van der Waals surface area contributed by atoms with Crippen LogP contribution in [-0.4, -0.2) is 53.0 Å². The van der Waals surface area contributed by atoms with E-state index in [9.17, 15) is 10.1 Å². The van der Waals surface area contributed by atoms with Gasteiger partial charge in [0.25, 0.3) is 0 Å². The summed E-state index contributed by atoms with van der Waals surface area (Å²) in [4.78, 5) is 20.8. The number of aromatic nitrogens is 2. The fourth-order valence-electron chi connectivity index (χ4n) is 2.28. The highest BCUT2D eigenvalue weighted by Gasteiger charge is 2.17. The molecule has 0 saturated carbocycles. The predicted molar refractivity (Wildman–Crippen MR) is 77.0 cm³/mol. The third-order valence-electron chi connectivity index (χ3n) is 3.36. The average molecular weight is 280 g/mol. The van der Waals surface area contributed by atoms with E-state index < -0.39 is 4.92 Å². The lowest BCUT2D eigenvalue weighted by Gasteiger charge is -2.26. The normalized spacial score (nSPS) is 15.8. The predicted octanol–water partition coefficient (Wildman–Crippen LogP) is 1.32. The SMILES string of the molecule is CNc1ncc([N+](=O)[O-])c(NCCN2CCCCC2)n1. The Balaban J connectivity index is 1.94. The van der Waals surface area contributed by atoms with Crippen molar-refractivity contribution in [3.63, 3.8) is 0 Å². The molecule has 1 fully saturated rings. The minimum Gasteiger partial charge on any atom is -0.363 e. The van der Waals surface area contributed by atoms with Crippen LogP contribution in [0.5, 0.6) is 0 Å². The van der Waals surface area contributed by atoms with E-state index in [-0.39, 0.29) is 11.5 Å². The molecule has 0 radical (unpaired) electrons. The number of nitro groups is 1. The van der Waals surface area contributed by atoms with Gasteiger partial charge in [0.2, 0.25) is 11.8 Å². The third kappa shape index (κ3) is 3.77. The Kier molecular flexibility index (Phi) is 5.05. The van der Waals surface area contributed by atoms with Crippen LogP contribution in [0, 0.1) is 10.1 Å². The number of likely N-dealkylation sites (tertiary alicyclic amines) is 1. The highest BCUT2D eigenvalue weighted by Crippen LogP contribution is 2.21. The molecule has 0 aromatic carbocycles. The minimum absolute atomic E-state index is 0.0948. The van der Waals surface area contributed by atoms with Crippen molar-refractivity contribution in [3.05, 3.63) is 16.3 Å². The molecule has 0 bridgehead atoms. The Bertz CT molecular complexity index is 461. The Morgan fingerprint density at radius 3 is 2.80 bits per heavy atom. The number of nitrogens with zero attached hydrogens (tertiary/aromatic N) is 4. The van der Waals surface area contributed by atoms with E-state index in [0.29, 0.717) is 12.5 Å². The van der Waals surface area contributed by atoms with Crippen LogP contribution in [0.3, 0.4) is 0 Å². The fourth-order valence-corrected chi connectivity index (χ4v) is 2.28. The van der Waals surface area contributed by atoms with Gasteiger partial charge in [0.15, 0.2) is 0 Å². The van der Waals surface area contributed by atoms with Gasteiger partial charge in [-0.05, 0) is 25.9 Å². The molecule has 0 aliphatic carbocycles. The van der Waals surface area contributed by atoms with Gasteiger partial charge in [0.1, 0.15) is 6.20 Å². The third-order valence-corrected chi connectivity index (χ3v) is 3.36. The molecule has 8 nitrogen and oxygen atoms in total. The molecule has 2 rings (SSSR count). The minimum atomic E-state index is -0.470. The first-order valence-electron chi connectivity index (χ1n) is 6.86. The lowest BCUT2D eigenvalue weighted by atomic mass is 10.1. The Labute approximate surface area is 117 Å². The smallest absolute Gasteiger partial charge is 0.329 e. The van der Waals surface area contributed by atoms with Gasteiger partial charge >= 0.3 is 5.69 Å². The van der Waals surface area contributed by atoms with Crippen molar-refractivity contribution in [2.24, 2.45) is 0 Å². The largest absolute Gasteiger partial charge is 0.363 e. The Morgan fingerprint density at radius 1 is 1.40 bits per heavy atom. The molecule has 1 aliphatic rings. The van der Waals surface area contributed by atoms with E-state index >= 15 is 0 Å². The van der Waals surface area contributed by atoms with E-state index in [1.54, 1.807) is 7.05 Å². The lowest BCUT2D eigenvalue weighted by molar-refractivity contribution is -0.384. The van der Waals surface area contributed by atoms with Crippen LogP contribution in [0.1, 0.15) is 19.3 Å². The standard InChI is InChI=1S/C12H20N6O2/c1-13-12-15-9-10(18(19)20)11(16-12)14-5-8-17-6-3-2-4-7-17/h9H,2-8H2,1H3,(H2,13,14,15,16). The lowest BCUT2D eigenvalue weighted by Crippen LogP contribution is -2.33. The van der Waals surface area contributed by atoms with Crippen LogP contribution in [0.2, 0.25) is 0 Å². The highest BCUT2D eigenvalue weighted by molar-refractivity contribution is 5.56. The monoisotopic (exact) mass is 280 g/mol. The summed E-state index contributed by atoms with van der Waals surface area (Å²) >= 11 is 0. The van der Waals surface area contributed by atoms with Crippen LogP contribution >= 0.6 is 0 Å². The van der Waals surface area contributed by atoms with Crippen molar-refractivity contribution >= 4 is 17.5 Å². The van der Waals surface area contributed by atoms with Gasteiger partial charge in [0.05, 0.1) is 4.92 Å². The number of hydrogen-bond donors (Lipinski definition) is 2. The molecule has 110 valence electrons. The van der Waals surface area contributed by atoms with Crippen LogP contribution in [-0.2, 0) is 0 Å². The van der Waals surface area contributed by atoms with Crippen molar-refractivity contribution in [1.29, 1.82) is 0 Å². The zero-order chi connectivity index (χ0) is 14.4. The van der Waals surface area contributed by atoms with Gasteiger partial charge in [-0.15, -0.1) is 0 Å². The molecule has 1 aliphatic heterocycles. The molecule has 1 saturated heterocycles. The number of hydrogen-bond acceptors (Lipinski definition) is 7. The first-order chi connectivity index (χ1) is 9.70. The summed E-state index contributed by atoms with van der Waals surface area (Å²) in [6.07, 6.45) is 4.99. The topological polar surface area (TPSA) is 96.2 Å². The van der Waals surface area contributed by atoms with E-state index in [1.165, 1.54) is 25.5 Å². The zero-order valence-corrected chi connectivity index (χ0v) is 11.6. The quantitative estimate of drug-likeness (QED) is 0.599. The van der Waals surface area contributed by atoms with Crippen molar-refractivity contribution in [2.75, 3.05) is 43.9 Å². The molecular weight excluding hydrogens is 260 g/mol. The van der Waals surface area contributed by atoms with Crippen molar-refractivity contribution in [3.8, 4) is 0 Å². The van der Waals surface area contributed by atoms with Crippen molar-refractivity contribution in [2.45, 2.75) is 19.3 Å². The second-order valence-corrected chi connectivity index (χ2v) is 4.76. The van der Waals surface area contributed by atoms with Crippen LogP contribution in [0.15, 0.2) is 6.20 Å². The highest BCUT2D eigenvalue weighted by atomic mass is 16.6. The summed E-state index contributed by atoms with van der Waals surface area (Å²) in [6.45, 7) is 3.72. The first-order valence-corrected chi connectivity index (χ1v) is 6.86. The summed E-state index contributed by atoms with van der Waals surface area (Å²) in [6, 6.07) is 0. The maximum Gasteiger partial charge on any atom is 0.329 e. The molecule has 2 heterocycles. The number of nitrogens with one attached hydrogen (secondary N) is 2. The van der Waals surface area contributed by atoms with Gasteiger partial charge in [-0.3, -0.25) is 10.1 Å². The van der Waals surface area contributed by atoms with Crippen molar-refractivity contribution in [1.82, 2.24) is 14.9 Å². The average Bonchev–Trinajstić information content (AvgIpc) is 2.48. The molecule has 0 amide bonds. The van der Waals surface area contributed by atoms with Gasteiger partial charge in [0, 0.05) is 20.1 Å². The van der Waals surface area contributed by atoms with E-state index in [0.717, 1.165) is 19.6 Å². The summed E-state index contributed by atoms with van der Waals surface area (Å²) in [5.41, 5.74) is -0.0948. The Hall–Kier alpha value is -1.96. The van der Waals surface area contributed by atoms with Gasteiger partial charge in [-0.25, -0.2) is 4.98 Å². The second kappa shape index (κ2) is 6.99. The molecule has 1 aromatic rings. The maximum absolute atomic E-state index is 10.9. The van der Waals surface area contributed by atoms with E-state index in [4.69, 9.17) is 0 Å². The number of piperidine rings is 1. The molecule has 20 heavy (non-hydrogen) atoms. The zero-order valence-electron chi connectivity index (χ0n) is 11.6. The van der Waals surface area contributed by atoms with Crippen LogP contribution in [0.4, 0.5) is 17.5 Å². The summed E-state index contributed by atoms with van der Waals surface area (Å²) in [5, 5.41) is 16.8. The van der Waals surface area contributed by atoms with Gasteiger partial charge < -0.3 is 15.5 Å². The van der Waals surface area contributed by atoms with Crippen molar-refractivity contribution < 1.29 is 4.92 Å². The fraction of sp³-hybridized carbons (Fsp3) is 0.667. The summed E-state index contributed by atoms with van der Waals surface area (Å²) in [5.74, 6) is 0.641. The summed E-state index contributed by atoms with van der Waals surface area (Å²) < 4.78 is 0. The molecule has 8 heteroatoms. The Morgan fingerprint density at radius 2 is 2.15 bits per heavy atom. The summed E-state index contributed by atoms with van der Waals surface area (Å²) in [7, 11) is 1.68. The second-order valence-electron chi connectivity index (χ2n) is 4.76. The molecule has 0 unspecified atom stereocenters. The first kappa shape index (κ1) is 14.4. The van der Waals surface area contributed by atoms with Gasteiger partial charge in [-0.1, -0.05) is 6.42 Å². The molecule has 2 N–H and O–H groups in total. The number of rotatable bonds is 6. The molecule has 0 atom stereocenters. The molecule has 1 aromatic heterocycles. The van der Waals surface area contributed by atoms with E-state index in [1.807, 2.05) is 0 Å². The molecule has 0 spiro atoms.